The Balaban J connectivity index is 2.38. The van der Waals surface area contributed by atoms with Crippen LogP contribution in [0.1, 0.15) is 5.56 Å². The van der Waals surface area contributed by atoms with Crippen LogP contribution < -0.4 is 5.73 Å². The first kappa shape index (κ1) is 12.6. The van der Waals surface area contributed by atoms with Crippen LogP contribution in [-0.4, -0.2) is 9.72 Å². The zero-order chi connectivity index (χ0) is 14.5. The van der Waals surface area contributed by atoms with Gasteiger partial charge in [0.2, 0.25) is 5.88 Å². The van der Waals surface area contributed by atoms with Gasteiger partial charge in [-0.05, 0) is 12.1 Å². The number of nitrogens with two attached hydrogens (primary N) is 1. The van der Waals surface area contributed by atoms with Gasteiger partial charge in [0.1, 0.15) is 5.69 Å². The van der Waals surface area contributed by atoms with Gasteiger partial charge in [-0.25, -0.2) is 0 Å². The fraction of sp³-hybridized carbons (Fsp3) is 0.154. The second kappa shape index (κ2) is 4.03. The highest BCUT2D eigenvalue weighted by Gasteiger charge is 2.34. The predicted octanol–water partition coefficient (Wildman–Crippen LogP) is 3.43. The van der Waals surface area contributed by atoms with Crippen molar-refractivity contribution in [2.75, 3.05) is 5.73 Å². The minimum atomic E-state index is -4.44. The molecular formula is C13H10F3N3O. The molecule has 0 aliphatic carbocycles. The summed E-state index contributed by atoms with van der Waals surface area (Å²) in [5, 5.41) is 3.79. The number of nitrogen functional groups attached to an aromatic ring is 1. The monoisotopic (exact) mass is 281 g/mol. The van der Waals surface area contributed by atoms with Crippen LogP contribution in [0.2, 0.25) is 0 Å². The maximum Gasteiger partial charge on any atom is 0.417 e. The van der Waals surface area contributed by atoms with Crippen LogP contribution in [-0.2, 0) is 13.2 Å². The van der Waals surface area contributed by atoms with E-state index in [1.165, 1.54) is 12.1 Å². The van der Waals surface area contributed by atoms with Gasteiger partial charge in [0.15, 0.2) is 0 Å². The second-order valence-corrected chi connectivity index (χ2v) is 4.47. The molecule has 2 aromatic heterocycles. The van der Waals surface area contributed by atoms with E-state index in [0.717, 1.165) is 6.07 Å². The third kappa shape index (κ3) is 1.82. The van der Waals surface area contributed by atoms with Crippen molar-refractivity contribution in [2.45, 2.75) is 6.18 Å². The lowest BCUT2D eigenvalue weighted by atomic mass is 10.0. The molecule has 3 rings (SSSR count). The van der Waals surface area contributed by atoms with E-state index in [4.69, 9.17) is 10.3 Å². The number of hydrogen-bond donors (Lipinski definition) is 1. The van der Waals surface area contributed by atoms with Crippen LogP contribution in [0.25, 0.3) is 22.2 Å². The Hall–Kier alpha value is -2.44. The molecule has 0 amide bonds. The van der Waals surface area contributed by atoms with Crippen LogP contribution >= 0.6 is 0 Å². The van der Waals surface area contributed by atoms with Crippen LogP contribution in [0, 0.1) is 0 Å². The lowest BCUT2D eigenvalue weighted by molar-refractivity contribution is -0.136. The molecule has 3 aromatic rings. The maximum atomic E-state index is 13.2. The molecule has 1 aromatic carbocycles. The van der Waals surface area contributed by atoms with E-state index < -0.39 is 11.7 Å². The van der Waals surface area contributed by atoms with Gasteiger partial charge in [-0.1, -0.05) is 11.2 Å². The molecule has 104 valence electrons. The molecule has 0 fully saturated rings. The van der Waals surface area contributed by atoms with E-state index in [1.807, 2.05) is 0 Å². The summed E-state index contributed by atoms with van der Waals surface area (Å²) in [5.41, 5.74) is 5.83. The predicted molar refractivity (Wildman–Crippen MR) is 67.8 cm³/mol. The van der Waals surface area contributed by atoms with Crippen molar-refractivity contribution in [3.63, 3.8) is 0 Å². The molecule has 2 N–H and O–H groups in total. The highest BCUT2D eigenvalue weighted by Crippen LogP contribution is 2.40. The Morgan fingerprint density at radius 1 is 1.30 bits per heavy atom. The first-order chi connectivity index (χ1) is 9.38. The normalized spacial score (nSPS) is 12.2. The number of aryl methyl sites for hydroxylation is 1. The Kier molecular flexibility index (Phi) is 2.53. The van der Waals surface area contributed by atoms with Gasteiger partial charge >= 0.3 is 6.18 Å². The smallest absolute Gasteiger partial charge is 0.368 e. The van der Waals surface area contributed by atoms with Crippen molar-refractivity contribution in [3.8, 4) is 11.3 Å². The first-order valence-corrected chi connectivity index (χ1v) is 5.75. The standard InChI is InChI=1S/C13H10F3N3O/c1-19-6-7(9-5-11(17)20-18-9)12-8(13(14,15)16)3-2-4-10(12)19/h2-6H,17H2,1H3. The van der Waals surface area contributed by atoms with Gasteiger partial charge in [0.25, 0.3) is 0 Å². The highest BCUT2D eigenvalue weighted by molar-refractivity contribution is 5.98. The summed E-state index contributed by atoms with van der Waals surface area (Å²) in [6.07, 6.45) is -2.86. The van der Waals surface area contributed by atoms with Crippen molar-refractivity contribution in [1.82, 2.24) is 9.72 Å². The summed E-state index contributed by atoms with van der Waals surface area (Å²) in [7, 11) is 1.68. The highest BCUT2D eigenvalue weighted by atomic mass is 19.4. The number of aromatic nitrogens is 2. The number of nitrogens with zero attached hydrogens (tertiary/aromatic N) is 2. The van der Waals surface area contributed by atoms with Crippen LogP contribution in [0.4, 0.5) is 19.1 Å². The largest absolute Gasteiger partial charge is 0.417 e. The number of halogens is 3. The Morgan fingerprint density at radius 2 is 2.05 bits per heavy atom. The first-order valence-electron chi connectivity index (χ1n) is 5.75. The summed E-state index contributed by atoms with van der Waals surface area (Å²) in [5.74, 6) is 0.0569. The minimum absolute atomic E-state index is 0.0569. The third-order valence-electron chi connectivity index (χ3n) is 3.12. The molecular weight excluding hydrogens is 271 g/mol. The van der Waals surface area contributed by atoms with Crippen LogP contribution in [0.3, 0.4) is 0 Å². The van der Waals surface area contributed by atoms with E-state index in [0.29, 0.717) is 11.1 Å². The summed E-state index contributed by atoms with van der Waals surface area (Å²) in [6.45, 7) is 0. The van der Waals surface area contributed by atoms with E-state index in [2.05, 4.69) is 5.16 Å². The molecule has 2 heterocycles. The SMILES string of the molecule is Cn1cc(-c2cc(N)on2)c2c(C(F)(F)F)cccc21. The Labute approximate surface area is 111 Å². The van der Waals surface area contributed by atoms with Crippen molar-refractivity contribution in [3.05, 3.63) is 36.0 Å². The molecule has 0 radical (unpaired) electrons. The summed E-state index contributed by atoms with van der Waals surface area (Å²) in [4.78, 5) is 0. The second-order valence-electron chi connectivity index (χ2n) is 4.47. The van der Waals surface area contributed by atoms with Crippen molar-refractivity contribution in [2.24, 2.45) is 7.05 Å². The van der Waals surface area contributed by atoms with Crippen LogP contribution in [0.15, 0.2) is 35.0 Å². The van der Waals surface area contributed by atoms with Crippen molar-refractivity contribution < 1.29 is 17.7 Å². The van der Waals surface area contributed by atoms with E-state index in [9.17, 15) is 13.2 Å². The number of fused-ring (bicyclic) bond motifs is 1. The number of hydrogen-bond acceptors (Lipinski definition) is 3. The molecule has 0 saturated carbocycles. The van der Waals surface area contributed by atoms with Gasteiger partial charge in [-0.15, -0.1) is 0 Å². The zero-order valence-electron chi connectivity index (χ0n) is 10.4. The molecule has 0 aliphatic heterocycles. The van der Waals surface area contributed by atoms with Crippen molar-refractivity contribution >= 4 is 16.8 Å². The lowest BCUT2D eigenvalue weighted by Gasteiger charge is -2.09. The molecule has 0 bridgehead atoms. The summed E-state index contributed by atoms with van der Waals surface area (Å²) < 4.78 is 45.8. The van der Waals surface area contributed by atoms with Gasteiger partial charge in [0, 0.05) is 35.8 Å². The molecule has 0 atom stereocenters. The lowest BCUT2D eigenvalue weighted by Crippen LogP contribution is -2.05. The number of benzene rings is 1. The molecule has 0 spiro atoms. The molecule has 4 nitrogen and oxygen atoms in total. The topological polar surface area (TPSA) is 57.0 Å². The average molecular weight is 281 g/mol. The van der Waals surface area contributed by atoms with Crippen LogP contribution in [0.5, 0.6) is 0 Å². The van der Waals surface area contributed by atoms with E-state index >= 15 is 0 Å². The van der Waals surface area contributed by atoms with E-state index in [-0.39, 0.29) is 17.0 Å². The average Bonchev–Trinajstić information content (AvgIpc) is 2.93. The van der Waals surface area contributed by atoms with Crippen molar-refractivity contribution in [1.29, 1.82) is 0 Å². The summed E-state index contributed by atoms with van der Waals surface area (Å²) in [6, 6.07) is 5.46. The molecule has 20 heavy (non-hydrogen) atoms. The Bertz CT molecular complexity index is 786. The number of alkyl halides is 3. The van der Waals surface area contributed by atoms with Gasteiger partial charge in [-0.2, -0.15) is 13.2 Å². The molecule has 0 aliphatic rings. The molecule has 0 unspecified atom stereocenters. The number of rotatable bonds is 1. The van der Waals surface area contributed by atoms with Gasteiger partial charge < -0.3 is 14.8 Å². The Morgan fingerprint density at radius 3 is 2.65 bits per heavy atom. The fourth-order valence-corrected chi connectivity index (χ4v) is 2.29. The minimum Gasteiger partial charge on any atom is -0.368 e. The van der Waals surface area contributed by atoms with Gasteiger partial charge in [-0.3, -0.25) is 0 Å². The zero-order valence-corrected chi connectivity index (χ0v) is 10.4. The molecule has 7 heteroatoms. The fourth-order valence-electron chi connectivity index (χ4n) is 2.29. The number of anilines is 1. The van der Waals surface area contributed by atoms with Gasteiger partial charge in [0.05, 0.1) is 5.56 Å². The van der Waals surface area contributed by atoms with E-state index in [1.54, 1.807) is 23.9 Å². The third-order valence-corrected chi connectivity index (χ3v) is 3.12. The quantitative estimate of drug-likeness (QED) is 0.743. The molecule has 0 saturated heterocycles. The summed E-state index contributed by atoms with van der Waals surface area (Å²) >= 11 is 0. The maximum absolute atomic E-state index is 13.2.